The SMILES string of the molecule is CCCN(CCC)c1ccc2cc(-c3ccc(/C=C(\C#N)C(N)=O)o3)ccc2c1. The first-order valence-electron chi connectivity index (χ1n) is 9.86. The number of amides is 1. The molecule has 148 valence electrons. The molecule has 0 aliphatic heterocycles. The summed E-state index contributed by atoms with van der Waals surface area (Å²) in [5.74, 6) is 0.315. The molecule has 0 atom stereocenters. The van der Waals surface area contributed by atoms with Crippen molar-refractivity contribution in [1.82, 2.24) is 0 Å². The first kappa shape index (κ1) is 20.2. The van der Waals surface area contributed by atoms with Crippen LogP contribution in [-0.4, -0.2) is 19.0 Å². The normalized spacial score (nSPS) is 11.4. The zero-order valence-electron chi connectivity index (χ0n) is 16.8. The number of furan rings is 1. The molecular formula is C24H25N3O2. The van der Waals surface area contributed by atoms with Crippen molar-refractivity contribution in [2.24, 2.45) is 5.73 Å². The van der Waals surface area contributed by atoms with Crippen molar-refractivity contribution in [3.05, 3.63) is 59.9 Å². The van der Waals surface area contributed by atoms with Gasteiger partial charge in [-0.1, -0.05) is 32.0 Å². The van der Waals surface area contributed by atoms with E-state index >= 15 is 0 Å². The molecule has 2 aromatic carbocycles. The van der Waals surface area contributed by atoms with Crippen molar-refractivity contribution in [3.8, 4) is 17.4 Å². The minimum absolute atomic E-state index is 0.138. The number of anilines is 1. The molecule has 0 spiro atoms. The van der Waals surface area contributed by atoms with Crippen LogP contribution in [0.25, 0.3) is 28.2 Å². The minimum Gasteiger partial charge on any atom is -0.457 e. The van der Waals surface area contributed by atoms with E-state index in [0.29, 0.717) is 11.5 Å². The summed E-state index contributed by atoms with van der Waals surface area (Å²) < 4.78 is 5.78. The fourth-order valence-corrected chi connectivity index (χ4v) is 3.38. The summed E-state index contributed by atoms with van der Waals surface area (Å²) in [6, 6.07) is 18.0. The Morgan fingerprint density at radius 3 is 2.41 bits per heavy atom. The fourth-order valence-electron chi connectivity index (χ4n) is 3.38. The summed E-state index contributed by atoms with van der Waals surface area (Å²) in [6.45, 7) is 6.50. The van der Waals surface area contributed by atoms with Crippen LogP contribution in [0.2, 0.25) is 0 Å². The summed E-state index contributed by atoms with van der Waals surface area (Å²) in [4.78, 5) is 13.6. The van der Waals surface area contributed by atoms with E-state index in [0.717, 1.165) is 36.9 Å². The molecule has 0 radical (unpaired) electrons. The van der Waals surface area contributed by atoms with Gasteiger partial charge in [-0.25, -0.2) is 0 Å². The third kappa shape index (κ3) is 4.67. The van der Waals surface area contributed by atoms with Crippen LogP contribution < -0.4 is 10.6 Å². The molecule has 3 aromatic rings. The number of carbonyl (C=O) groups is 1. The van der Waals surface area contributed by atoms with E-state index in [-0.39, 0.29) is 5.57 Å². The van der Waals surface area contributed by atoms with Gasteiger partial charge >= 0.3 is 0 Å². The second-order valence-corrected chi connectivity index (χ2v) is 6.97. The lowest BCUT2D eigenvalue weighted by Crippen LogP contribution is -2.24. The Kier molecular flexibility index (Phi) is 6.36. The molecule has 2 N–H and O–H groups in total. The Hall–Kier alpha value is -3.52. The van der Waals surface area contributed by atoms with Crippen LogP contribution in [-0.2, 0) is 4.79 Å². The Balaban J connectivity index is 1.90. The van der Waals surface area contributed by atoms with Gasteiger partial charge in [-0.2, -0.15) is 5.26 Å². The number of benzene rings is 2. The highest BCUT2D eigenvalue weighted by Gasteiger charge is 2.10. The molecule has 5 heteroatoms. The molecule has 0 saturated heterocycles. The molecule has 0 fully saturated rings. The molecule has 1 amide bonds. The standard InChI is InChI=1S/C24H25N3O2/c1-3-11-27(12-4-2)21-8-7-17-13-19(6-5-18(17)14-21)23-10-9-22(29-23)15-20(16-25)24(26)28/h5-10,13-15H,3-4,11-12H2,1-2H3,(H2,26,28)/b20-15+. The molecule has 5 nitrogen and oxygen atoms in total. The van der Waals surface area contributed by atoms with Crippen molar-refractivity contribution < 1.29 is 9.21 Å². The van der Waals surface area contributed by atoms with E-state index < -0.39 is 5.91 Å². The van der Waals surface area contributed by atoms with Crippen molar-refractivity contribution in [3.63, 3.8) is 0 Å². The molecule has 0 bridgehead atoms. The summed E-state index contributed by atoms with van der Waals surface area (Å²) in [7, 11) is 0. The van der Waals surface area contributed by atoms with Crippen molar-refractivity contribution in [2.45, 2.75) is 26.7 Å². The monoisotopic (exact) mass is 387 g/mol. The second-order valence-electron chi connectivity index (χ2n) is 6.97. The van der Waals surface area contributed by atoms with Crippen LogP contribution >= 0.6 is 0 Å². The number of nitriles is 1. The fraction of sp³-hybridized carbons (Fsp3) is 0.250. The van der Waals surface area contributed by atoms with E-state index in [4.69, 9.17) is 15.4 Å². The van der Waals surface area contributed by atoms with Gasteiger partial charge in [0, 0.05) is 30.4 Å². The second kappa shape index (κ2) is 9.11. The lowest BCUT2D eigenvalue weighted by atomic mass is 10.0. The van der Waals surface area contributed by atoms with Gasteiger partial charge < -0.3 is 15.1 Å². The van der Waals surface area contributed by atoms with E-state index in [1.807, 2.05) is 12.1 Å². The first-order valence-corrected chi connectivity index (χ1v) is 9.86. The van der Waals surface area contributed by atoms with Crippen molar-refractivity contribution in [2.75, 3.05) is 18.0 Å². The van der Waals surface area contributed by atoms with Crippen LogP contribution in [0, 0.1) is 11.3 Å². The smallest absolute Gasteiger partial charge is 0.259 e. The molecule has 0 unspecified atom stereocenters. The van der Waals surface area contributed by atoms with Crippen LogP contribution in [0.15, 0.2) is 58.5 Å². The zero-order chi connectivity index (χ0) is 20.8. The van der Waals surface area contributed by atoms with Crippen molar-refractivity contribution in [1.29, 1.82) is 5.26 Å². The highest BCUT2D eigenvalue weighted by atomic mass is 16.3. The third-order valence-corrected chi connectivity index (χ3v) is 4.76. The summed E-state index contributed by atoms with van der Waals surface area (Å²) in [6.07, 6.45) is 3.60. The zero-order valence-corrected chi connectivity index (χ0v) is 16.8. The number of hydrogen-bond acceptors (Lipinski definition) is 4. The Morgan fingerprint density at radius 1 is 1.07 bits per heavy atom. The topological polar surface area (TPSA) is 83.3 Å². The van der Waals surface area contributed by atoms with Gasteiger partial charge in [-0.05, 0) is 53.9 Å². The average molecular weight is 387 g/mol. The summed E-state index contributed by atoms with van der Waals surface area (Å²) in [5.41, 5.74) is 7.21. The van der Waals surface area contributed by atoms with Crippen LogP contribution in [0.5, 0.6) is 0 Å². The lowest BCUT2D eigenvalue weighted by molar-refractivity contribution is -0.114. The number of carbonyl (C=O) groups excluding carboxylic acids is 1. The predicted octanol–water partition coefficient (Wildman–Crippen LogP) is 5.12. The van der Waals surface area contributed by atoms with Gasteiger partial charge in [0.05, 0.1) is 0 Å². The number of primary amides is 1. The molecule has 3 rings (SSSR count). The maximum Gasteiger partial charge on any atom is 0.259 e. The minimum atomic E-state index is -0.771. The Morgan fingerprint density at radius 2 is 1.76 bits per heavy atom. The predicted molar refractivity (Wildman–Crippen MR) is 117 cm³/mol. The van der Waals surface area contributed by atoms with Crippen molar-refractivity contribution >= 4 is 28.4 Å². The molecule has 0 saturated carbocycles. The van der Waals surface area contributed by atoms with Gasteiger partial charge in [0.2, 0.25) is 0 Å². The highest BCUT2D eigenvalue weighted by Crippen LogP contribution is 2.29. The average Bonchev–Trinajstić information content (AvgIpc) is 3.19. The van der Waals surface area contributed by atoms with Gasteiger partial charge in [-0.15, -0.1) is 0 Å². The van der Waals surface area contributed by atoms with Gasteiger partial charge in [0.15, 0.2) is 0 Å². The van der Waals surface area contributed by atoms with E-state index in [9.17, 15) is 4.79 Å². The number of hydrogen-bond donors (Lipinski definition) is 1. The van der Waals surface area contributed by atoms with Crippen LogP contribution in [0.3, 0.4) is 0 Å². The maximum absolute atomic E-state index is 11.2. The summed E-state index contributed by atoms with van der Waals surface area (Å²) in [5, 5.41) is 11.3. The molecule has 1 heterocycles. The first-order chi connectivity index (χ1) is 14.0. The highest BCUT2D eigenvalue weighted by molar-refractivity contribution is 6.00. The number of nitrogens with zero attached hydrogens (tertiary/aromatic N) is 2. The van der Waals surface area contributed by atoms with Gasteiger partial charge in [0.25, 0.3) is 5.91 Å². The lowest BCUT2D eigenvalue weighted by Gasteiger charge is -2.24. The van der Waals surface area contributed by atoms with E-state index in [1.165, 1.54) is 17.1 Å². The molecule has 0 aliphatic rings. The number of fused-ring (bicyclic) bond motifs is 1. The van der Waals surface area contributed by atoms with Gasteiger partial charge in [-0.3, -0.25) is 4.79 Å². The van der Waals surface area contributed by atoms with E-state index in [2.05, 4.69) is 49.1 Å². The van der Waals surface area contributed by atoms with Crippen LogP contribution in [0.4, 0.5) is 5.69 Å². The number of nitrogens with two attached hydrogens (primary N) is 1. The number of rotatable bonds is 8. The largest absolute Gasteiger partial charge is 0.457 e. The maximum atomic E-state index is 11.2. The molecular weight excluding hydrogens is 362 g/mol. The molecule has 29 heavy (non-hydrogen) atoms. The van der Waals surface area contributed by atoms with Gasteiger partial charge in [0.1, 0.15) is 23.2 Å². The Bertz CT molecular complexity index is 1080. The van der Waals surface area contributed by atoms with Crippen LogP contribution in [0.1, 0.15) is 32.4 Å². The quantitative estimate of drug-likeness (QED) is 0.429. The molecule has 0 aliphatic carbocycles. The Labute approximate surface area is 171 Å². The third-order valence-electron chi connectivity index (χ3n) is 4.76. The molecule has 1 aromatic heterocycles. The van der Waals surface area contributed by atoms with E-state index in [1.54, 1.807) is 12.1 Å². The summed E-state index contributed by atoms with van der Waals surface area (Å²) >= 11 is 0.